The van der Waals surface area contributed by atoms with Gasteiger partial charge in [-0.2, -0.15) is 0 Å². The summed E-state index contributed by atoms with van der Waals surface area (Å²) in [4.78, 5) is 0. The largest absolute Gasteiger partial charge is 0.507 e. The molecule has 2 N–H and O–H groups in total. The van der Waals surface area contributed by atoms with Crippen molar-refractivity contribution in [3.05, 3.63) is 95.6 Å². The zero-order valence-corrected chi connectivity index (χ0v) is 15.5. The first-order valence-electron chi connectivity index (χ1n) is 9.16. The van der Waals surface area contributed by atoms with Gasteiger partial charge in [0.05, 0.1) is 0 Å². The first-order valence-corrected chi connectivity index (χ1v) is 9.16. The Kier molecular flexibility index (Phi) is 4.33. The van der Waals surface area contributed by atoms with Crippen molar-refractivity contribution in [2.75, 3.05) is 0 Å². The average Bonchev–Trinajstić information content (AvgIpc) is 2.69. The molecule has 2 heteroatoms. The molecule has 0 aliphatic rings. The van der Waals surface area contributed by atoms with Crippen LogP contribution in [0.2, 0.25) is 0 Å². The Bertz CT molecular complexity index is 1120. The van der Waals surface area contributed by atoms with E-state index < -0.39 is 0 Å². The topological polar surface area (TPSA) is 40.5 Å². The van der Waals surface area contributed by atoms with Crippen LogP contribution in [0.25, 0.3) is 21.9 Å². The van der Waals surface area contributed by atoms with Crippen molar-refractivity contribution in [1.29, 1.82) is 0 Å². The SMILES string of the molecule is Cc1cc(C(C)c2cccc3ccccc23)cc(-c2ccccc2O)c1O. The summed E-state index contributed by atoms with van der Waals surface area (Å²) >= 11 is 0. The molecule has 2 nitrogen and oxygen atoms in total. The summed E-state index contributed by atoms with van der Waals surface area (Å²) in [5.41, 5.74) is 4.47. The van der Waals surface area contributed by atoms with E-state index in [1.165, 1.54) is 16.3 Å². The Hall–Kier alpha value is -3.26. The van der Waals surface area contributed by atoms with Crippen molar-refractivity contribution in [2.45, 2.75) is 19.8 Å². The number of para-hydroxylation sites is 1. The van der Waals surface area contributed by atoms with E-state index in [1.54, 1.807) is 12.1 Å². The number of aryl methyl sites for hydroxylation is 1. The number of fused-ring (bicyclic) bond motifs is 1. The molecule has 0 saturated carbocycles. The third kappa shape index (κ3) is 3.04. The molecule has 4 aromatic carbocycles. The zero-order valence-electron chi connectivity index (χ0n) is 15.5. The third-order valence-electron chi connectivity index (χ3n) is 5.31. The van der Waals surface area contributed by atoms with Gasteiger partial charge < -0.3 is 10.2 Å². The summed E-state index contributed by atoms with van der Waals surface area (Å²) in [6.07, 6.45) is 0. The van der Waals surface area contributed by atoms with Crippen LogP contribution in [0.1, 0.15) is 29.5 Å². The van der Waals surface area contributed by atoms with Crippen LogP contribution < -0.4 is 0 Å². The second-order valence-corrected chi connectivity index (χ2v) is 7.04. The van der Waals surface area contributed by atoms with Crippen LogP contribution in [0, 0.1) is 6.92 Å². The van der Waals surface area contributed by atoms with Gasteiger partial charge in [-0.1, -0.05) is 73.7 Å². The van der Waals surface area contributed by atoms with Crippen molar-refractivity contribution in [2.24, 2.45) is 0 Å². The van der Waals surface area contributed by atoms with Crippen LogP contribution in [0.5, 0.6) is 11.5 Å². The van der Waals surface area contributed by atoms with Crippen LogP contribution in [-0.4, -0.2) is 10.2 Å². The van der Waals surface area contributed by atoms with Crippen molar-refractivity contribution in [3.8, 4) is 22.6 Å². The molecule has 4 aromatic rings. The van der Waals surface area contributed by atoms with Crippen molar-refractivity contribution >= 4 is 10.8 Å². The van der Waals surface area contributed by atoms with E-state index in [4.69, 9.17) is 0 Å². The molecule has 0 aromatic heterocycles. The Morgan fingerprint density at radius 3 is 2.26 bits per heavy atom. The number of hydrogen-bond acceptors (Lipinski definition) is 2. The highest BCUT2D eigenvalue weighted by Crippen LogP contribution is 2.40. The number of benzene rings is 4. The lowest BCUT2D eigenvalue weighted by atomic mass is 9.86. The second-order valence-electron chi connectivity index (χ2n) is 7.04. The van der Waals surface area contributed by atoms with Crippen molar-refractivity contribution in [1.82, 2.24) is 0 Å². The van der Waals surface area contributed by atoms with E-state index in [-0.39, 0.29) is 17.4 Å². The zero-order chi connectivity index (χ0) is 19.0. The first-order chi connectivity index (χ1) is 13.1. The lowest BCUT2D eigenvalue weighted by molar-refractivity contribution is 0.466. The molecule has 0 aliphatic carbocycles. The number of phenols is 2. The minimum absolute atomic E-state index is 0.153. The van der Waals surface area contributed by atoms with Crippen LogP contribution in [0.4, 0.5) is 0 Å². The van der Waals surface area contributed by atoms with E-state index in [9.17, 15) is 10.2 Å². The van der Waals surface area contributed by atoms with E-state index in [1.807, 2.05) is 31.2 Å². The molecule has 0 fully saturated rings. The lowest BCUT2D eigenvalue weighted by Gasteiger charge is -2.19. The molecule has 134 valence electrons. The average molecular weight is 354 g/mol. The van der Waals surface area contributed by atoms with E-state index in [2.05, 4.69) is 49.4 Å². The highest BCUT2D eigenvalue weighted by atomic mass is 16.3. The number of phenolic OH excluding ortho intramolecular Hbond substituents is 2. The molecule has 0 aliphatic heterocycles. The van der Waals surface area contributed by atoms with Crippen LogP contribution >= 0.6 is 0 Å². The Morgan fingerprint density at radius 1 is 0.741 bits per heavy atom. The lowest BCUT2D eigenvalue weighted by Crippen LogP contribution is -1.99. The number of aromatic hydroxyl groups is 2. The molecular weight excluding hydrogens is 332 g/mol. The molecule has 1 atom stereocenters. The van der Waals surface area contributed by atoms with E-state index in [0.717, 1.165) is 11.1 Å². The fraction of sp³-hybridized carbons (Fsp3) is 0.120. The molecule has 0 bridgehead atoms. The monoisotopic (exact) mass is 354 g/mol. The van der Waals surface area contributed by atoms with Gasteiger partial charge in [-0.15, -0.1) is 0 Å². The normalized spacial score (nSPS) is 12.2. The standard InChI is InChI=1S/C25H22O2/c1-16-14-19(15-23(25(16)27)22-11-5-6-13-24(22)26)17(2)20-12-7-9-18-8-3-4-10-21(18)20/h3-15,17,26-27H,1-2H3. The van der Waals surface area contributed by atoms with Gasteiger partial charge >= 0.3 is 0 Å². The smallest absolute Gasteiger partial charge is 0.126 e. The summed E-state index contributed by atoms with van der Waals surface area (Å²) in [5, 5.41) is 23.3. The third-order valence-corrected chi connectivity index (χ3v) is 5.31. The summed E-state index contributed by atoms with van der Waals surface area (Å²) < 4.78 is 0. The Morgan fingerprint density at radius 2 is 1.44 bits per heavy atom. The van der Waals surface area contributed by atoms with Crippen molar-refractivity contribution in [3.63, 3.8) is 0 Å². The summed E-state index contributed by atoms with van der Waals surface area (Å²) in [5.74, 6) is 0.535. The second kappa shape index (κ2) is 6.81. The fourth-order valence-corrected chi connectivity index (χ4v) is 3.77. The highest BCUT2D eigenvalue weighted by Gasteiger charge is 2.17. The van der Waals surface area contributed by atoms with Gasteiger partial charge in [0.25, 0.3) is 0 Å². The summed E-state index contributed by atoms with van der Waals surface area (Å²) in [6.45, 7) is 4.08. The van der Waals surface area contributed by atoms with Crippen LogP contribution in [-0.2, 0) is 0 Å². The van der Waals surface area contributed by atoms with Crippen LogP contribution in [0.3, 0.4) is 0 Å². The maximum Gasteiger partial charge on any atom is 0.126 e. The maximum absolute atomic E-state index is 10.6. The molecule has 0 spiro atoms. The van der Waals surface area contributed by atoms with E-state index >= 15 is 0 Å². The molecule has 0 radical (unpaired) electrons. The van der Waals surface area contributed by atoms with E-state index in [0.29, 0.717) is 11.1 Å². The molecule has 0 saturated heterocycles. The fourth-order valence-electron chi connectivity index (χ4n) is 3.77. The Labute approximate surface area is 159 Å². The minimum Gasteiger partial charge on any atom is -0.507 e. The predicted molar refractivity (Wildman–Crippen MR) is 111 cm³/mol. The maximum atomic E-state index is 10.6. The van der Waals surface area contributed by atoms with Gasteiger partial charge in [0.15, 0.2) is 0 Å². The molecular formula is C25H22O2. The quantitative estimate of drug-likeness (QED) is 0.448. The van der Waals surface area contributed by atoms with Crippen LogP contribution in [0.15, 0.2) is 78.9 Å². The molecule has 1 unspecified atom stereocenters. The van der Waals surface area contributed by atoms with Gasteiger partial charge in [0.1, 0.15) is 11.5 Å². The van der Waals surface area contributed by atoms with Crippen molar-refractivity contribution < 1.29 is 10.2 Å². The first kappa shape index (κ1) is 17.2. The summed E-state index contributed by atoms with van der Waals surface area (Å²) in [6, 6.07) is 25.9. The molecule has 27 heavy (non-hydrogen) atoms. The predicted octanol–water partition coefficient (Wildman–Crippen LogP) is 6.38. The Balaban J connectivity index is 1.88. The van der Waals surface area contributed by atoms with Gasteiger partial charge in [-0.3, -0.25) is 0 Å². The molecule has 0 heterocycles. The minimum atomic E-state index is 0.153. The van der Waals surface area contributed by atoms with Gasteiger partial charge in [-0.05, 0) is 46.5 Å². The van der Waals surface area contributed by atoms with Gasteiger partial charge in [0.2, 0.25) is 0 Å². The van der Waals surface area contributed by atoms with Gasteiger partial charge in [-0.25, -0.2) is 0 Å². The van der Waals surface area contributed by atoms with Gasteiger partial charge in [0, 0.05) is 17.0 Å². The molecule has 4 rings (SSSR count). The highest BCUT2D eigenvalue weighted by molar-refractivity contribution is 5.87. The number of hydrogen-bond donors (Lipinski definition) is 2. The molecule has 0 amide bonds. The summed E-state index contributed by atoms with van der Waals surface area (Å²) in [7, 11) is 0. The number of rotatable bonds is 3.